The molecule has 0 aromatic heterocycles. The lowest BCUT2D eigenvalue weighted by Crippen LogP contribution is -2.49. The fourth-order valence-corrected chi connectivity index (χ4v) is 2.90. The van der Waals surface area contributed by atoms with Crippen LogP contribution in [0.5, 0.6) is 0 Å². The number of hydrogen-bond donors (Lipinski definition) is 3. The number of aliphatic hydroxyl groups is 1. The molecule has 6 heteroatoms. The van der Waals surface area contributed by atoms with Gasteiger partial charge in [-0.3, -0.25) is 0 Å². The molecular weight excluding hydrogens is 240 g/mol. The van der Waals surface area contributed by atoms with E-state index in [1.165, 1.54) is 0 Å². The fraction of sp³-hybridized carbons (Fsp3) is 1.00. The summed E-state index contributed by atoms with van der Waals surface area (Å²) in [5.74, 6) is 0.132. The monoisotopic (exact) mass is 266 g/mol. The maximum absolute atomic E-state index is 11.6. The van der Waals surface area contributed by atoms with Crippen LogP contribution in [0.3, 0.4) is 0 Å². The van der Waals surface area contributed by atoms with Gasteiger partial charge in [0.2, 0.25) is 0 Å². The van der Waals surface area contributed by atoms with Gasteiger partial charge in [-0.25, -0.2) is 0 Å². The van der Waals surface area contributed by atoms with E-state index in [1.54, 1.807) is 20.8 Å². The fourth-order valence-electron chi connectivity index (χ4n) is 1.63. The van der Waals surface area contributed by atoms with E-state index >= 15 is 0 Å². The molecule has 5 nitrogen and oxygen atoms in total. The highest BCUT2D eigenvalue weighted by atomic mass is 32.2. The average molecular weight is 266 g/mol. The van der Waals surface area contributed by atoms with E-state index in [-0.39, 0.29) is 12.5 Å². The van der Waals surface area contributed by atoms with Gasteiger partial charge in [0, 0.05) is 12.1 Å². The largest absolute Gasteiger partial charge is 0.391 e. The van der Waals surface area contributed by atoms with Gasteiger partial charge in [-0.05, 0) is 26.7 Å². The molecule has 1 atom stereocenters. The molecule has 0 fully saturated rings. The maximum atomic E-state index is 11.6. The number of rotatable bonds is 7. The molecule has 0 aliphatic carbocycles. The summed E-state index contributed by atoms with van der Waals surface area (Å²) in [6.45, 7) is 9.33. The second-order valence-corrected chi connectivity index (χ2v) is 6.85. The first-order valence-electron chi connectivity index (χ1n) is 6.08. The second kappa shape index (κ2) is 6.68. The first-order valence-corrected chi connectivity index (χ1v) is 7.56. The molecule has 0 aromatic carbocycles. The summed E-state index contributed by atoms with van der Waals surface area (Å²) in [6.07, 6.45) is 1.04. The molecule has 3 N–H and O–H groups in total. The van der Waals surface area contributed by atoms with Crippen molar-refractivity contribution >= 4 is 10.2 Å². The summed E-state index contributed by atoms with van der Waals surface area (Å²) in [4.78, 5) is 0. The Kier molecular flexibility index (Phi) is 6.61. The minimum absolute atomic E-state index is 0.0533. The molecule has 0 aliphatic heterocycles. The van der Waals surface area contributed by atoms with E-state index in [0.717, 1.165) is 12.8 Å². The normalized spacial score (nSPS) is 15.2. The summed E-state index contributed by atoms with van der Waals surface area (Å²) >= 11 is 0. The van der Waals surface area contributed by atoms with Crippen molar-refractivity contribution in [2.75, 3.05) is 6.54 Å². The molecule has 104 valence electrons. The Bertz CT molecular complexity index is 305. The average Bonchev–Trinajstić information content (AvgIpc) is 2.13. The molecule has 0 heterocycles. The Morgan fingerprint density at radius 1 is 1.18 bits per heavy atom. The van der Waals surface area contributed by atoms with E-state index in [2.05, 4.69) is 9.44 Å². The first kappa shape index (κ1) is 16.8. The van der Waals surface area contributed by atoms with Gasteiger partial charge < -0.3 is 5.11 Å². The van der Waals surface area contributed by atoms with Crippen LogP contribution in [0.2, 0.25) is 0 Å². The third kappa shape index (κ3) is 7.70. The first-order chi connectivity index (χ1) is 7.61. The SMILES string of the molecule is CCC(CC)C(O)CNS(=O)(=O)NC(C)(C)C. The number of aliphatic hydroxyl groups excluding tert-OH is 1. The van der Waals surface area contributed by atoms with Gasteiger partial charge in [0.15, 0.2) is 0 Å². The molecule has 0 radical (unpaired) electrons. The van der Waals surface area contributed by atoms with Crippen LogP contribution in [0.25, 0.3) is 0 Å². The van der Waals surface area contributed by atoms with Gasteiger partial charge >= 0.3 is 0 Å². The summed E-state index contributed by atoms with van der Waals surface area (Å²) < 4.78 is 28.1. The minimum atomic E-state index is -3.54. The molecule has 0 bridgehead atoms. The Hall–Kier alpha value is -0.170. The molecule has 0 aliphatic rings. The predicted molar refractivity (Wildman–Crippen MR) is 69.9 cm³/mol. The molecule has 0 amide bonds. The van der Waals surface area contributed by atoms with Gasteiger partial charge in [0.25, 0.3) is 10.2 Å². The Balaban J connectivity index is 4.28. The van der Waals surface area contributed by atoms with Gasteiger partial charge in [0.1, 0.15) is 0 Å². The lowest BCUT2D eigenvalue weighted by atomic mass is 9.97. The van der Waals surface area contributed by atoms with Gasteiger partial charge in [-0.2, -0.15) is 17.9 Å². The van der Waals surface area contributed by atoms with Crippen LogP contribution < -0.4 is 9.44 Å². The van der Waals surface area contributed by atoms with E-state index in [1.807, 2.05) is 13.8 Å². The lowest BCUT2D eigenvalue weighted by Gasteiger charge is -2.23. The zero-order valence-corrected chi connectivity index (χ0v) is 12.3. The highest BCUT2D eigenvalue weighted by Gasteiger charge is 2.22. The van der Waals surface area contributed by atoms with E-state index in [9.17, 15) is 13.5 Å². The molecule has 0 rings (SSSR count). The molecule has 0 aromatic rings. The zero-order chi connectivity index (χ0) is 13.7. The van der Waals surface area contributed by atoms with Crippen molar-refractivity contribution in [3.05, 3.63) is 0 Å². The van der Waals surface area contributed by atoms with Crippen molar-refractivity contribution in [1.82, 2.24) is 9.44 Å². The maximum Gasteiger partial charge on any atom is 0.277 e. The van der Waals surface area contributed by atoms with Crippen molar-refractivity contribution in [3.63, 3.8) is 0 Å². The molecule has 0 saturated heterocycles. The molecule has 17 heavy (non-hydrogen) atoms. The smallest absolute Gasteiger partial charge is 0.277 e. The Morgan fingerprint density at radius 3 is 2.00 bits per heavy atom. The van der Waals surface area contributed by atoms with Gasteiger partial charge in [-0.15, -0.1) is 0 Å². The second-order valence-electron chi connectivity index (χ2n) is 5.35. The van der Waals surface area contributed by atoms with E-state index in [4.69, 9.17) is 0 Å². The molecule has 1 unspecified atom stereocenters. The van der Waals surface area contributed by atoms with Crippen LogP contribution in [0.4, 0.5) is 0 Å². The summed E-state index contributed by atoms with van der Waals surface area (Å²) in [5.41, 5.74) is -0.522. The molecular formula is C11H26N2O3S. The quantitative estimate of drug-likeness (QED) is 0.643. The summed E-state index contributed by atoms with van der Waals surface area (Å²) in [5, 5.41) is 9.82. The van der Waals surface area contributed by atoms with Crippen LogP contribution in [-0.4, -0.2) is 31.7 Å². The minimum Gasteiger partial charge on any atom is -0.391 e. The highest BCUT2D eigenvalue weighted by molar-refractivity contribution is 7.87. The van der Waals surface area contributed by atoms with Crippen molar-refractivity contribution in [3.8, 4) is 0 Å². The van der Waals surface area contributed by atoms with Crippen LogP contribution >= 0.6 is 0 Å². The summed E-state index contributed by atoms with van der Waals surface area (Å²) in [6, 6.07) is 0. The summed E-state index contributed by atoms with van der Waals surface area (Å²) in [7, 11) is -3.54. The van der Waals surface area contributed by atoms with E-state index in [0.29, 0.717) is 0 Å². The van der Waals surface area contributed by atoms with Crippen molar-refractivity contribution in [2.24, 2.45) is 5.92 Å². The van der Waals surface area contributed by atoms with Crippen molar-refractivity contribution < 1.29 is 13.5 Å². The Morgan fingerprint density at radius 2 is 1.65 bits per heavy atom. The van der Waals surface area contributed by atoms with Crippen molar-refractivity contribution in [1.29, 1.82) is 0 Å². The van der Waals surface area contributed by atoms with Crippen LogP contribution in [0, 0.1) is 5.92 Å². The highest BCUT2D eigenvalue weighted by Crippen LogP contribution is 2.12. The number of nitrogens with one attached hydrogen (secondary N) is 2. The third-order valence-corrected chi connectivity index (χ3v) is 3.94. The molecule has 0 saturated carbocycles. The van der Waals surface area contributed by atoms with Crippen LogP contribution in [0.1, 0.15) is 47.5 Å². The zero-order valence-electron chi connectivity index (χ0n) is 11.4. The standard InChI is InChI=1S/C11H26N2O3S/c1-6-9(7-2)10(14)8-12-17(15,16)13-11(3,4)5/h9-10,12-14H,6-8H2,1-5H3. The topological polar surface area (TPSA) is 78.4 Å². The van der Waals surface area contributed by atoms with Gasteiger partial charge in [0.05, 0.1) is 6.10 Å². The molecule has 0 spiro atoms. The van der Waals surface area contributed by atoms with Gasteiger partial charge in [-0.1, -0.05) is 26.7 Å². The van der Waals surface area contributed by atoms with Crippen LogP contribution in [0.15, 0.2) is 0 Å². The van der Waals surface area contributed by atoms with Crippen LogP contribution in [-0.2, 0) is 10.2 Å². The third-order valence-electron chi connectivity index (χ3n) is 2.52. The lowest BCUT2D eigenvalue weighted by molar-refractivity contribution is 0.107. The van der Waals surface area contributed by atoms with E-state index < -0.39 is 21.9 Å². The van der Waals surface area contributed by atoms with Crippen molar-refractivity contribution in [2.45, 2.75) is 59.1 Å². The Labute approximate surface area is 105 Å². The number of hydrogen-bond acceptors (Lipinski definition) is 3. The predicted octanol–water partition coefficient (Wildman–Crippen LogP) is 1.01.